The number of carbonyl (C=O) groups excluding carboxylic acids is 1. The topological polar surface area (TPSA) is 116 Å². The van der Waals surface area contributed by atoms with Gasteiger partial charge in [-0.05, 0) is 43.2 Å². The summed E-state index contributed by atoms with van der Waals surface area (Å²) in [6.07, 6.45) is -4.33. The van der Waals surface area contributed by atoms with Crippen molar-refractivity contribution in [2.24, 2.45) is 0 Å². The monoisotopic (exact) mass is 559 g/mol. The molecule has 9 nitrogen and oxygen atoms in total. The fraction of sp³-hybridized carbons (Fsp3) is 0.440. The Balaban J connectivity index is 0.000000638. The Bertz CT molecular complexity index is 1120. The molecule has 0 radical (unpaired) electrons. The molecule has 2 N–H and O–H groups in total. The van der Waals surface area contributed by atoms with Gasteiger partial charge in [0.1, 0.15) is 5.75 Å². The summed E-state index contributed by atoms with van der Waals surface area (Å²) in [6.45, 7) is 5.74. The molecule has 0 spiro atoms. The number of nitrogens with zero attached hydrogens (tertiary/aromatic N) is 2. The standard InChI is InChI=1S/C23H31N3O4S.C2HF3O2/c1-2-30-21-8-10-22(11-9-21)31(28,29)26(16-12-20-6-4-3-5-7-20)17-13-23(27)25-18-14-24-15-19-25;3-2(4,5)1(6)7/h3-11,24H,2,12-19H2,1H3;(H,6,7). The molecule has 2 aromatic carbocycles. The van der Waals surface area contributed by atoms with Crippen molar-refractivity contribution < 1.29 is 41.0 Å². The Morgan fingerprint density at radius 3 is 2.13 bits per heavy atom. The van der Waals surface area contributed by atoms with Gasteiger partial charge in [-0.3, -0.25) is 4.79 Å². The number of hydrogen-bond donors (Lipinski definition) is 2. The van der Waals surface area contributed by atoms with Gasteiger partial charge in [-0.15, -0.1) is 0 Å². The minimum absolute atomic E-state index is 0.00638. The minimum atomic E-state index is -5.08. The highest BCUT2D eigenvalue weighted by Gasteiger charge is 2.38. The summed E-state index contributed by atoms with van der Waals surface area (Å²) in [4.78, 5) is 23.5. The number of carboxylic acids is 1. The number of rotatable bonds is 10. The second-order valence-electron chi connectivity index (χ2n) is 8.23. The van der Waals surface area contributed by atoms with Crippen LogP contribution in [0, 0.1) is 0 Å². The molecule has 0 aliphatic carbocycles. The predicted octanol–water partition coefficient (Wildman–Crippen LogP) is 2.77. The van der Waals surface area contributed by atoms with E-state index in [1.165, 1.54) is 4.31 Å². The highest BCUT2D eigenvalue weighted by atomic mass is 32.2. The normalized spacial score (nSPS) is 14.0. The van der Waals surface area contributed by atoms with Gasteiger partial charge in [0.15, 0.2) is 0 Å². The SMILES string of the molecule is CCOc1ccc(S(=O)(=O)N(CCC(=O)N2CCNCC2)CCc2ccccc2)cc1.O=C(O)C(F)(F)F. The van der Waals surface area contributed by atoms with Crippen LogP contribution in [0.1, 0.15) is 18.9 Å². The predicted molar refractivity (Wildman–Crippen MR) is 134 cm³/mol. The summed E-state index contributed by atoms with van der Waals surface area (Å²) in [5, 5.41) is 10.3. The second kappa shape index (κ2) is 14.7. The number of piperazine rings is 1. The van der Waals surface area contributed by atoms with Crippen LogP contribution < -0.4 is 10.1 Å². The maximum absolute atomic E-state index is 13.4. The molecule has 1 saturated heterocycles. The van der Waals surface area contributed by atoms with Gasteiger partial charge >= 0.3 is 12.1 Å². The van der Waals surface area contributed by atoms with Crippen LogP contribution in [0.15, 0.2) is 59.5 Å². The Kier molecular flexibility index (Phi) is 12.0. The Morgan fingerprint density at radius 1 is 1.03 bits per heavy atom. The summed E-state index contributed by atoms with van der Waals surface area (Å²) in [5.74, 6) is -2.13. The van der Waals surface area contributed by atoms with E-state index in [9.17, 15) is 26.4 Å². The Morgan fingerprint density at radius 2 is 1.61 bits per heavy atom. The lowest BCUT2D eigenvalue weighted by atomic mass is 10.1. The Labute approximate surface area is 220 Å². The molecule has 1 fully saturated rings. The van der Waals surface area contributed by atoms with Gasteiger partial charge in [0.05, 0.1) is 11.5 Å². The fourth-order valence-electron chi connectivity index (χ4n) is 3.57. The molecular weight excluding hydrogens is 527 g/mol. The molecule has 0 unspecified atom stereocenters. The van der Waals surface area contributed by atoms with E-state index >= 15 is 0 Å². The lowest BCUT2D eigenvalue weighted by Gasteiger charge is -2.29. The zero-order valence-electron chi connectivity index (χ0n) is 21.0. The number of hydrogen-bond acceptors (Lipinski definition) is 6. The number of ether oxygens (including phenoxy) is 1. The first kappa shape index (κ1) is 31.1. The van der Waals surface area contributed by atoms with Crippen molar-refractivity contribution in [3.63, 3.8) is 0 Å². The third-order valence-corrected chi connectivity index (χ3v) is 7.47. The van der Waals surface area contributed by atoms with Gasteiger partial charge in [0, 0.05) is 45.7 Å². The molecule has 38 heavy (non-hydrogen) atoms. The molecule has 13 heteroatoms. The van der Waals surface area contributed by atoms with Crippen molar-refractivity contribution in [3.8, 4) is 5.75 Å². The zero-order chi connectivity index (χ0) is 28.2. The first-order valence-electron chi connectivity index (χ1n) is 12.0. The van der Waals surface area contributed by atoms with Gasteiger partial charge in [-0.2, -0.15) is 17.5 Å². The highest BCUT2D eigenvalue weighted by molar-refractivity contribution is 7.89. The third-order valence-electron chi connectivity index (χ3n) is 5.55. The number of halogens is 3. The molecule has 210 valence electrons. The zero-order valence-corrected chi connectivity index (χ0v) is 21.8. The summed E-state index contributed by atoms with van der Waals surface area (Å²) in [5.41, 5.74) is 1.06. The molecule has 1 aliphatic heterocycles. The second-order valence-corrected chi connectivity index (χ2v) is 10.2. The lowest BCUT2D eigenvalue weighted by Crippen LogP contribution is -2.47. The summed E-state index contributed by atoms with van der Waals surface area (Å²) >= 11 is 0. The Hall–Kier alpha value is -3.16. The lowest BCUT2D eigenvalue weighted by molar-refractivity contribution is -0.192. The number of sulfonamides is 1. The van der Waals surface area contributed by atoms with Crippen molar-refractivity contribution in [3.05, 3.63) is 60.2 Å². The number of benzene rings is 2. The maximum Gasteiger partial charge on any atom is 0.490 e. The van der Waals surface area contributed by atoms with Crippen molar-refractivity contribution in [2.75, 3.05) is 45.9 Å². The van der Waals surface area contributed by atoms with Crippen molar-refractivity contribution in [2.45, 2.75) is 30.8 Å². The van der Waals surface area contributed by atoms with Gasteiger partial charge < -0.3 is 20.1 Å². The van der Waals surface area contributed by atoms with Crippen LogP contribution in [-0.4, -0.2) is 86.7 Å². The van der Waals surface area contributed by atoms with E-state index in [1.807, 2.05) is 37.3 Å². The van der Waals surface area contributed by atoms with Crippen LogP contribution in [0.25, 0.3) is 0 Å². The van der Waals surface area contributed by atoms with Crippen molar-refractivity contribution >= 4 is 21.9 Å². The van der Waals surface area contributed by atoms with Gasteiger partial charge in [0.25, 0.3) is 0 Å². The van der Waals surface area contributed by atoms with Crippen molar-refractivity contribution in [1.29, 1.82) is 0 Å². The van der Waals surface area contributed by atoms with Gasteiger partial charge in [-0.25, -0.2) is 13.2 Å². The largest absolute Gasteiger partial charge is 0.494 e. The van der Waals surface area contributed by atoms with E-state index in [1.54, 1.807) is 29.2 Å². The molecule has 1 amide bonds. The summed E-state index contributed by atoms with van der Waals surface area (Å²) in [6, 6.07) is 16.2. The average Bonchev–Trinajstić information content (AvgIpc) is 2.90. The molecule has 0 atom stereocenters. The number of alkyl halides is 3. The van der Waals surface area contributed by atoms with Gasteiger partial charge in [-0.1, -0.05) is 30.3 Å². The van der Waals surface area contributed by atoms with Crippen LogP contribution >= 0.6 is 0 Å². The number of carboxylic acid groups (broad SMARTS) is 1. The molecule has 0 aromatic heterocycles. The van der Waals surface area contributed by atoms with Crippen LogP contribution in [0.3, 0.4) is 0 Å². The highest BCUT2D eigenvalue weighted by Crippen LogP contribution is 2.21. The average molecular weight is 560 g/mol. The summed E-state index contributed by atoms with van der Waals surface area (Å²) < 4.78 is 65.3. The fourth-order valence-corrected chi connectivity index (χ4v) is 5.01. The van der Waals surface area contributed by atoms with E-state index in [0.29, 0.717) is 38.4 Å². The first-order valence-corrected chi connectivity index (χ1v) is 13.4. The molecule has 0 saturated carbocycles. The molecule has 2 aromatic rings. The van der Waals surface area contributed by atoms with Gasteiger partial charge in [0.2, 0.25) is 15.9 Å². The maximum atomic E-state index is 13.4. The van der Waals surface area contributed by atoms with Crippen LogP contribution in [0.4, 0.5) is 13.2 Å². The van der Waals surface area contributed by atoms with E-state index in [-0.39, 0.29) is 23.8 Å². The quantitative estimate of drug-likeness (QED) is 0.460. The van der Waals surface area contributed by atoms with Crippen LogP contribution in [0.5, 0.6) is 5.75 Å². The molecule has 3 rings (SSSR count). The van der Waals surface area contributed by atoms with Crippen molar-refractivity contribution in [1.82, 2.24) is 14.5 Å². The van der Waals surface area contributed by atoms with Crippen LogP contribution in [0.2, 0.25) is 0 Å². The minimum Gasteiger partial charge on any atom is -0.494 e. The van der Waals surface area contributed by atoms with E-state index in [4.69, 9.17) is 14.6 Å². The molecular formula is C25H32F3N3O6S. The van der Waals surface area contributed by atoms with Crippen LogP contribution in [-0.2, 0) is 26.0 Å². The number of nitrogens with one attached hydrogen (secondary N) is 1. The first-order chi connectivity index (χ1) is 17.9. The van der Waals surface area contributed by atoms with E-state index in [0.717, 1.165) is 18.7 Å². The smallest absolute Gasteiger partial charge is 0.490 e. The molecule has 1 aliphatic rings. The van der Waals surface area contributed by atoms with E-state index in [2.05, 4.69) is 5.32 Å². The number of carbonyl (C=O) groups is 2. The molecule has 0 bridgehead atoms. The third kappa shape index (κ3) is 9.95. The number of amides is 1. The summed E-state index contributed by atoms with van der Waals surface area (Å²) in [7, 11) is -3.73. The van der Waals surface area contributed by atoms with E-state index < -0.39 is 22.2 Å². The molecule has 1 heterocycles. The number of aliphatic carboxylic acids is 1.